The molecule has 2 saturated heterocycles. The van der Waals surface area contributed by atoms with Crippen molar-refractivity contribution in [2.24, 2.45) is 5.41 Å². The molecule has 2 heteroatoms. The molecule has 2 fully saturated rings. The first-order chi connectivity index (χ1) is 8.62. The van der Waals surface area contributed by atoms with Gasteiger partial charge in [-0.05, 0) is 24.3 Å². The second-order valence-corrected chi connectivity index (χ2v) is 11.2. The van der Waals surface area contributed by atoms with Crippen LogP contribution in [0.25, 0.3) is 0 Å². The van der Waals surface area contributed by atoms with E-state index in [9.17, 15) is 4.79 Å². The van der Waals surface area contributed by atoms with E-state index in [1.807, 2.05) is 0 Å². The molecule has 0 aliphatic carbocycles. The lowest BCUT2D eigenvalue weighted by molar-refractivity contribution is -0.121. The molecule has 2 bridgehead atoms. The summed E-state index contributed by atoms with van der Waals surface area (Å²) in [6, 6.07) is 15.3. The Morgan fingerprint density at radius 2 is 1.94 bits per heavy atom. The van der Waals surface area contributed by atoms with E-state index in [1.54, 1.807) is 5.19 Å². The summed E-state index contributed by atoms with van der Waals surface area (Å²) in [5, 5.41) is 1.64. The highest BCUT2D eigenvalue weighted by Gasteiger charge is 2.49. The molecule has 1 aromatic carbocycles. The monoisotopic (exact) mass is 258 g/mol. The first-order valence-electron chi connectivity index (χ1n) is 7.19. The number of carbonyl (C=O) groups excluding carboxylic acids is 1. The van der Waals surface area contributed by atoms with Crippen molar-refractivity contribution >= 4 is 19.0 Å². The van der Waals surface area contributed by atoms with Gasteiger partial charge in [0.25, 0.3) is 0 Å². The Labute approximate surface area is 111 Å². The molecule has 0 N–H and O–H groups in total. The van der Waals surface area contributed by atoms with Gasteiger partial charge in [-0.1, -0.05) is 54.5 Å². The molecule has 1 nitrogen and oxygen atoms in total. The fourth-order valence-electron chi connectivity index (χ4n) is 4.27. The number of hydrogen-bond donors (Lipinski definition) is 0. The lowest BCUT2D eigenvalue weighted by Gasteiger charge is -2.33. The topological polar surface area (TPSA) is 17.1 Å². The van der Waals surface area contributed by atoms with Crippen LogP contribution in [-0.2, 0) is 4.79 Å². The quantitative estimate of drug-likeness (QED) is 0.705. The van der Waals surface area contributed by atoms with Crippen LogP contribution >= 0.6 is 0 Å². The number of hydrogen-bond acceptors (Lipinski definition) is 1. The standard InChI is InChI=1S/C16H22OSi/c1-16-9-11-18(13-16,10-5-6-14(17)12-16)15-7-3-2-4-8-15/h2-4,7-8H,5-6,9-13H2,1H3/t16-,18+/m1/s1. The average Bonchev–Trinajstić information content (AvgIpc) is 2.69. The fraction of sp³-hybridized carbons (Fsp3) is 0.562. The van der Waals surface area contributed by atoms with Crippen molar-refractivity contribution in [1.82, 2.24) is 0 Å². The van der Waals surface area contributed by atoms with Gasteiger partial charge in [0, 0.05) is 12.8 Å². The fourth-order valence-corrected chi connectivity index (χ4v) is 10.4. The van der Waals surface area contributed by atoms with Gasteiger partial charge in [0.1, 0.15) is 5.78 Å². The Balaban J connectivity index is 1.95. The summed E-state index contributed by atoms with van der Waals surface area (Å²) >= 11 is 0. The van der Waals surface area contributed by atoms with Gasteiger partial charge in [0.05, 0.1) is 8.07 Å². The molecule has 2 heterocycles. The smallest absolute Gasteiger partial charge is 0.133 e. The second-order valence-electron chi connectivity index (χ2n) is 6.70. The highest BCUT2D eigenvalue weighted by Crippen LogP contribution is 2.50. The van der Waals surface area contributed by atoms with Crippen molar-refractivity contribution in [3.8, 4) is 0 Å². The van der Waals surface area contributed by atoms with E-state index < -0.39 is 8.07 Å². The summed E-state index contributed by atoms with van der Waals surface area (Å²) in [4.78, 5) is 11.9. The predicted molar refractivity (Wildman–Crippen MR) is 77.8 cm³/mol. The van der Waals surface area contributed by atoms with E-state index in [4.69, 9.17) is 0 Å². The van der Waals surface area contributed by atoms with Crippen molar-refractivity contribution in [2.75, 3.05) is 0 Å². The van der Waals surface area contributed by atoms with Gasteiger partial charge < -0.3 is 0 Å². The highest BCUT2D eigenvalue weighted by atomic mass is 28.3. The molecule has 96 valence electrons. The molecular formula is C16H22OSi. The molecule has 2 aliphatic rings. The summed E-state index contributed by atoms with van der Waals surface area (Å²) in [6.07, 6.45) is 4.08. The van der Waals surface area contributed by atoms with Gasteiger partial charge in [-0.15, -0.1) is 0 Å². The molecule has 0 unspecified atom stereocenters. The van der Waals surface area contributed by atoms with E-state index >= 15 is 0 Å². The van der Waals surface area contributed by atoms with E-state index in [1.165, 1.54) is 24.6 Å². The molecule has 3 rings (SSSR count). The van der Waals surface area contributed by atoms with Crippen LogP contribution in [-0.4, -0.2) is 13.9 Å². The number of carbonyl (C=O) groups is 1. The number of rotatable bonds is 1. The van der Waals surface area contributed by atoms with E-state index in [0.717, 1.165) is 19.3 Å². The zero-order chi connectivity index (χ0) is 12.6. The van der Waals surface area contributed by atoms with Crippen molar-refractivity contribution < 1.29 is 4.79 Å². The zero-order valence-electron chi connectivity index (χ0n) is 11.2. The normalized spacial score (nSPS) is 36.2. The molecule has 0 aromatic heterocycles. The van der Waals surface area contributed by atoms with Crippen LogP contribution in [0, 0.1) is 5.41 Å². The maximum absolute atomic E-state index is 11.9. The lowest BCUT2D eigenvalue weighted by atomic mass is 9.84. The van der Waals surface area contributed by atoms with Crippen LogP contribution in [0.1, 0.15) is 32.6 Å². The largest absolute Gasteiger partial charge is 0.300 e. The average molecular weight is 258 g/mol. The Kier molecular flexibility index (Phi) is 2.93. The molecule has 2 atom stereocenters. The highest BCUT2D eigenvalue weighted by molar-refractivity contribution is 6.92. The Bertz CT molecular complexity index is 455. The minimum atomic E-state index is -1.30. The maximum Gasteiger partial charge on any atom is 0.133 e. The van der Waals surface area contributed by atoms with Gasteiger partial charge in [-0.2, -0.15) is 0 Å². The second kappa shape index (κ2) is 4.34. The minimum absolute atomic E-state index is 0.319. The zero-order valence-corrected chi connectivity index (χ0v) is 12.2. The van der Waals surface area contributed by atoms with Gasteiger partial charge in [0.2, 0.25) is 0 Å². The Hall–Kier alpha value is -0.893. The number of ketones is 1. The van der Waals surface area contributed by atoms with Crippen molar-refractivity contribution in [2.45, 2.75) is 50.7 Å². The van der Waals surface area contributed by atoms with Crippen LogP contribution in [0.5, 0.6) is 0 Å². The third-order valence-electron chi connectivity index (χ3n) is 5.09. The van der Waals surface area contributed by atoms with Crippen LogP contribution < -0.4 is 5.19 Å². The van der Waals surface area contributed by atoms with E-state index in [-0.39, 0.29) is 0 Å². The first kappa shape index (κ1) is 12.2. The van der Waals surface area contributed by atoms with Gasteiger partial charge >= 0.3 is 0 Å². The first-order valence-corrected chi connectivity index (χ1v) is 9.81. The number of fused-ring (bicyclic) bond motifs is 2. The number of benzene rings is 1. The van der Waals surface area contributed by atoms with Gasteiger partial charge in [-0.3, -0.25) is 4.79 Å². The molecular weight excluding hydrogens is 236 g/mol. The molecule has 0 amide bonds. The summed E-state index contributed by atoms with van der Waals surface area (Å²) in [6.45, 7) is 2.36. The lowest BCUT2D eigenvalue weighted by Crippen LogP contribution is -2.46. The van der Waals surface area contributed by atoms with E-state index in [0.29, 0.717) is 11.2 Å². The number of Topliss-reactive ketones (excluding diaryl/α,β-unsaturated/α-hetero) is 1. The van der Waals surface area contributed by atoms with Crippen LogP contribution in [0.3, 0.4) is 0 Å². The van der Waals surface area contributed by atoms with Crippen molar-refractivity contribution in [3.63, 3.8) is 0 Å². The van der Waals surface area contributed by atoms with Crippen molar-refractivity contribution in [3.05, 3.63) is 30.3 Å². The molecule has 18 heavy (non-hydrogen) atoms. The maximum atomic E-state index is 11.9. The third kappa shape index (κ3) is 2.07. The summed E-state index contributed by atoms with van der Waals surface area (Å²) < 4.78 is 0. The molecule has 0 saturated carbocycles. The van der Waals surface area contributed by atoms with Crippen molar-refractivity contribution in [1.29, 1.82) is 0 Å². The summed E-state index contributed by atoms with van der Waals surface area (Å²) in [7, 11) is -1.30. The third-order valence-corrected chi connectivity index (χ3v) is 10.7. The molecule has 0 spiro atoms. The minimum Gasteiger partial charge on any atom is -0.300 e. The molecule has 0 radical (unpaired) electrons. The Morgan fingerprint density at radius 3 is 2.72 bits per heavy atom. The van der Waals surface area contributed by atoms with Crippen LogP contribution in [0.2, 0.25) is 18.1 Å². The SMILES string of the molecule is C[C@@]12CC[Si@@](c3ccccc3)(CCCC(=O)C1)C2. The van der Waals surface area contributed by atoms with Gasteiger partial charge in [-0.25, -0.2) is 0 Å². The van der Waals surface area contributed by atoms with Crippen LogP contribution in [0.4, 0.5) is 0 Å². The van der Waals surface area contributed by atoms with Gasteiger partial charge in [0.15, 0.2) is 0 Å². The predicted octanol–water partition coefficient (Wildman–Crippen LogP) is 3.51. The molecule has 1 aromatic rings. The van der Waals surface area contributed by atoms with Crippen LogP contribution in [0.15, 0.2) is 30.3 Å². The summed E-state index contributed by atoms with van der Waals surface area (Å²) in [5.74, 6) is 0.509. The Morgan fingerprint density at radius 1 is 1.17 bits per heavy atom. The molecule has 2 aliphatic heterocycles. The van der Waals surface area contributed by atoms with E-state index in [2.05, 4.69) is 37.3 Å². The summed E-state index contributed by atoms with van der Waals surface area (Å²) in [5.41, 5.74) is 0.319.